The highest BCUT2D eigenvalue weighted by molar-refractivity contribution is 5.86. The molecule has 5 rings (SSSR count). The van der Waals surface area contributed by atoms with Crippen LogP contribution >= 0.6 is 0 Å². The maximum absolute atomic E-state index is 13.3. The molecule has 184 valence electrons. The second-order valence-electron chi connectivity index (χ2n) is 9.93. The number of benzene rings is 2. The topological polar surface area (TPSA) is 95.9 Å². The minimum Gasteiger partial charge on any atom is -0.481 e. The molecule has 1 heterocycles. The third-order valence-corrected chi connectivity index (χ3v) is 7.87. The van der Waals surface area contributed by atoms with Gasteiger partial charge in [-0.3, -0.25) is 9.59 Å². The number of carboxylic acids is 1. The van der Waals surface area contributed by atoms with Crippen LogP contribution in [0, 0.1) is 17.8 Å². The Labute approximate surface area is 205 Å². The fourth-order valence-electron chi connectivity index (χ4n) is 5.97. The predicted molar refractivity (Wildman–Crippen MR) is 131 cm³/mol. The highest BCUT2D eigenvalue weighted by atomic mass is 16.5. The lowest BCUT2D eigenvalue weighted by atomic mass is 9.98. The number of ether oxygens (including phenoxy) is 1. The summed E-state index contributed by atoms with van der Waals surface area (Å²) in [7, 11) is 0. The number of fused-ring (bicyclic) bond motifs is 4. The van der Waals surface area contributed by atoms with Crippen LogP contribution in [-0.2, 0) is 14.3 Å². The van der Waals surface area contributed by atoms with Gasteiger partial charge in [0.05, 0.1) is 5.92 Å². The van der Waals surface area contributed by atoms with Gasteiger partial charge in [-0.05, 0) is 46.9 Å². The van der Waals surface area contributed by atoms with Crippen molar-refractivity contribution in [3.05, 3.63) is 59.7 Å². The number of rotatable bonds is 8. The van der Waals surface area contributed by atoms with Gasteiger partial charge in [-0.1, -0.05) is 68.3 Å². The van der Waals surface area contributed by atoms with Crippen molar-refractivity contribution < 1.29 is 24.2 Å². The zero-order chi connectivity index (χ0) is 24.5. The Bertz CT molecular complexity index is 1090. The highest BCUT2D eigenvalue weighted by Crippen LogP contribution is 2.51. The number of unbranched alkanes of at least 4 members (excludes halogenated alkanes) is 1. The molecule has 7 nitrogen and oxygen atoms in total. The summed E-state index contributed by atoms with van der Waals surface area (Å²) >= 11 is 0. The molecule has 4 atom stereocenters. The van der Waals surface area contributed by atoms with E-state index in [4.69, 9.17) is 4.74 Å². The molecular formula is C28H32N2O5. The molecule has 2 amide bonds. The molecule has 1 saturated carbocycles. The number of hydrogen-bond acceptors (Lipinski definition) is 4. The number of nitrogens with zero attached hydrogens (tertiary/aromatic N) is 1. The summed E-state index contributed by atoms with van der Waals surface area (Å²) < 4.78 is 5.67. The second kappa shape index (κ2) is 9.72. The number of carbonyl (C=O) groups excluding carboxylic acids is 2. The SMILES string of the molecule is CCCC[C@H](NC(=O)OCC1c2ccccc2-c2ccccc21)C(=O)N1CCC2C(C1)C2C(=O)O. The van der Waals surface area contributed by atoms with Crippen LogP contribution < -0.4 is 5.32 Å². The maximum atomic E-state index is 13.3. The van der Waals surface area contributed by atoms with Crippen molar-refractivity contribution in [3.63, 3.8) is 0 Å². The summed E-state index contributed by atoms with van der Waals surface area (Å²) in [6, 6.07) is 15.7. The summed E-state index contributed by atoms with van der Waals surface area (Å²) in [5.74, 6) is -1.07. The molecule has 0 radical (unpaired) electrons. The van der Waals surface area contributed by atoms with Crippen LogP contribution in [0.25, 0.3) is 11.1 Å². The van der Waals surface area contributed by atoms with Crippen molar-refractivity contribution in [2.24, 2.45) is 17.8 Å². The molecule has 2 aromatic carbocycles. The average Bonchev–Trinajstić information content (AvgIpc) is 3.52. The minimum atomic E-state index is -0.770. The van der Waals surface area contributed by atoms with Gasteiger partial charge in [-0.15, -0.1) is 0 Å². The van der Waals surface area contributed by atoms with Gasteiger partial charge < -0.3 is 20.1 Å². The number of amides is 2. The molecule has 2 aliphatic carbocycles. The van der Waals surface area contributed by atoms with E-state index in [2.05, 4.69) is 29.6 Å². The van der Waals surface area contributed by atoms with Crippen LogP contribution in [0.1, 0.15) is 49.7 Å². The summed E-state index contributed by atoms with van der Waals surface area (Å²) in [6.07, 6.45) is 2.36. The Morgan fingerprint density at radius 1 is 1.06 bits per heavy atom. The van der Waals surface area contributed by atoms with E-state index in [-0.39, 0.29) is 36.2 Å². The predicted octanol–water partition coefficient (Wildman–Crippen LogP) is 4.26. The number of hydrogen-bond donors (Lipinski definition) is 2. The van der Waals surface area contributed by atoms with Gasteiger partial charge in [-0.2, -0.15) is 0 Å². The van der Waals surface area contributed by atoms with Gasteiger partial charge in [0.15, 0.2) is 0 Å². The first-order valence-electron chi connectivity index (χ1n) is 12.6. The quantitative estimate of drug-likeness (QED) is 0.593. The van der Waals surface area contributed by atoms with Crippen molar-refractivity contribution in [1.29, 1.82) is 0 Å². The standard InChI is InChI=1S/C28H32N2O5/c1-2-3-12-24(26(31)30-14-13-21-22(15-30)25(21)27(32)33)29-28(34)35-16-23-19-10-6-4-8-17(19)18-9-5-7-11-20(18)23/h4-11,21-25H,2-3,12-16H2,1H3,(H,29,34)(H,32,33)/t21?,22?,24-,25?/m0/s1. The molecule has 35 heavy (non-hydrogen) atoms. The van der Waals surface area contributed by atoms with E-state index >= 15 is 0 Å². The average molecular weight is 477 g/mol. The van der Waals surface area contributed by atoms with E-state index in [1.165, 1.54) is 0 Å². The highest BCUT2D eigenvalue weighted by Gasteiger charge is 2.57. The Kier molecular flexibility index (Phi) is 6.50. The molecule has 3 aliphatic rings. The number of alkyl carbamates (subject to hydrolysis) is 1. The summed E-state index contributed by atoms with van der Waals surface area (Å²) in [4.78, 5) is 39.2. The van der Waals surface area contributed by atoms with Crippen LogP contribution in [0.2, 0.25) is 0 Å². The smallest absolute Gasteiger partial charge is 0.407 e. The molecule has 2 fully saturated rings. The van der Waals surface area contributed by atoms with Crippen molar-refractivity contribution in [2.45, 2.75) is 44.6 Å². The second-order valence-corrected chi connectivity index (χ2v) is 9.93. The summed E-state index contributed by atoms with van der Waals surface area (Å²) in [6.45, 7) is 3.23. The van der Waals surface area contributed by atoms with E-state index in [0.717, 1.165) is 35.1 Å². The van der Waals surface area contributed by atoms with Gasteiger partial charge >= 0.3 is 12.1 Å². The van der Waals surface area contributed by atoms with Gasteiger partial charge in [0, 0.05) is 19.0 Å². The first-order valence-corrected chi connectivity index (χ1v) is 12.6. The van der Waals surface area contributed by atoms with Crippen molar-refractivity contribution in [1.82, 2.24) is 10.2 Å². The number of carbonyl (C=O) groups is 3. The zero-order valence-electron chi connectivity index (χ0n) is 20.0. The number of likely N-dealkylation sites (tertiary alicyclic amines) is 1. The molecule has 0 aromatic heterocycles. The van der Waals surface area contributed by atoms with Crippen LogP contribution in [0.5, 0.6) is 0 Å². The van der Waals surface area contributed by atoms with Gasteiger partial charge in [0.25, 0.3) is 0 Å². The largest absolute Gasteiger partial charge is 0.481 e. The normalized spacial score (nSPS) is 23.0. The Hall–Kier alpha value is -3.35. The Balaban J connectivity index is 1.22. The molecule has 0 spiro atoms. The van der Waals surface area contributed by atoms with Crippen molar-refractivity contribution in [3.8, 4) is 11.1 Å². The molecule has 2 aromatic rings. The monoisotopic (exact) mass is 476 g/mol. The van der Waals surface area contributed by atoms with Crippen LogP contribution in [0.3, 0.4) is 0 Å². The van der Waals surface area contributed by atoms with Gasteiger partial charge in [0.2, 0.25) is 5.91 Å². The Morgan fingerprint density at radius 2 is 1.71 bits per heavy atom. The van der Waals surface area contributed by atoms with E-state index in [0.29, 0.717) is 25.9 Å². The molecule has 1 saturated heterocycles. The summed E-state index contributed by atoms with van der Waals surface area (Å²) in [5, 5.41) is 12.2. The first-order chi connectivity index (χ1) is 17.0. The maximum Gasteiger partial charge on any atom is 0.407 e. The molecular weight excluding hydrogens is 444 g/mol. The molecule has 0 bridgehead atoms. The first kappa shape index (κ1) is 23.4. The van der Waals surface area contributed by atoms with Crippen LogP contribution in [0.4, 0.5) is 4.79 Å². The lowest BCUT2D eigenvalue weighted by Crippen LogP contribution is -2.50. The lowest BCUT2D eigenvalue weighted by molar-refractivity contribution is -0.139. The number of aliphatic carboxylic acids is 1. The van der Waals surface area contributed by atoms with E-state index in [1.54, 1.807) is 4.90 Å². The zero-order valence-corrected chi connectivity index (χ0v) is 20.0. The molecule has 7 heteroatoms. The lowest BCUT2D eigenvalue weighted by Gasteiger charge is -2.30. The van der Waals surface area contributed by atoms with E-state index in [1.807, 2.05) is 31.2 Å². The minimum absolute atomic E-state index is 0.0338. The van der Waals surface area contributed by atoms with Crippen molar-refractivity contribution in [2.75, 3.05) is 19.7 Å². The number of piperidine rings is 1. The molecule has 2 N–H and O–H groups in total. The van der Waals surface area contributed by atoms with Crippen LogP contribution in [-0.4, -0.2) is 53.7 Å². The van der Waals surface area contributed by atoms with E-state index in [9.17, 15) is 19.5 Å². The van der Waals surface area contributed by atoms with E-state index < -0.39 is 18.1 Å². The Morgan fingerprint density at radius 3 is 2.34 bits per heavy atom. The molecule has 3 unspecified atom stereocenters. The number of nitrogens with one attached hydrogen (secondary N) is 1. The third kappa shape index (κ3) is 4.51. The number of carboxylic acid groups (broad SMARTS) is 1. The van der Waals surface area contributed by atoms with Gasteiger partial charge in [0.1, 0.15) is 12.6 Å². The van der Waals surface area contributed by atoms with Crippen LogP contribution in [0.15, 0.2) is 48.5 Å². The third-order valence-electron chi connectivity index (χ3n) is 7.87. The fraction of sp³-hybridized carbons (Fsp3) is 0.464. The molecule has 1 aliphatic heterocycles. The van der Waals surface area contributed by atoms with Gasteiger partial charge in [-0.25, -0.2) is 4.79 Å². The summed E-state index contributed by atoms with van der Waals surface area (Å²) in [5.41, 5.74) is 4.60. The fourth-order valence-corrected chi connectivity index (χ4v) is 5.97. The van der Waals surface area contributed by atoms with Crippen molar-refractivity contribution >= 4 is 18.0 Å².